The number of H-pyrrole nitrogens is 1. The first kappa shape index (κ1) is 13.5. The number of anilines is 2. The molecule has 0 aliphatic carbocycles. The lowest BCUT2D eigenvalue weighted by molar-refractivity contribution is 1.31. The first-order chi connectivity index (χ1) is 11.3. The van der Waals surface area contributed by atoms with Crippen LogP contribution >= 0.6 is 0 Å². The van der Waals surface area contributed by atoms with Crippen molar-refractivity contribution in [1.82, 2.24) is 15.0 Å². The molecule has 4 heteroatoms. The maximum absolute atomic E-state index is 4.73. The molecule has 0 saturated carbocycles. The first-order valence-corrected chi connectivity index (χ1v) is 7.53. The Bertz CT molecular complexity index is 940. The number of aryl methyl sites for hydroxylation is 1. The van der Waals surface area contributed by atoms with Gasteiger partial charge < -0.3 is 10.3 Å². The number of hydrogen-bond acceptors (Lipinski definition) is 3. The van der Waals surface area contributed by atoms with Crippen molar-refractivity contribution in [1.29, 1.82) is 0 Å². The topological polar surface area (TPSA) is 53.6 Å². The summed E-state index contributed by atoms with van der Waals surface area (Å²) in [6.07, 6.45) is 1.78. The van der Waals surface area contributed by atoms with Crippen LogP contribution in [0.3, 0.4) is 0 Å². The van der Waals surface area contributed by atoms with E-state index in [1.54, 1.807) is 6.20 Å². The minimum Gasteiger partial charge on any atom is -0.338 e. The van der Waals surface area contributed by atoms with E-state index in [-0.39, 0.29) is 0 Å². The van der Waals surface area contributed by atoms with Gasteiger partial charge in [-0.2, -0.15) is 0 Å². The molecule has 0 amide bonds. The first-order valence-electron chi connectivity index (χ1n) is 7.53. The highest BCUT2D eigenvalue weighted by Gasteiger charge is 2.10. The van der Waals surface area contributed by atoms with Crippen molar-refractivity contribution in [2.45, 2.75) is 6.92 Å². The highest BCUT2D eigenvalue weighted by molar-refractivity contribution is 5.89. The lowest BCUT2D eigenvalue weighted by Gasteiger charge is -2.05. The highest BCUT2D eigenvalue weighted by Crippen LogP contribution is 2.26. The minimum absolute atomic E-state index is 0.753. The quantitative estimate of drug-likeness (QED) is 0.577. The molecule has 4 rings (SSSR count). The summed E-state index contributed by atoms with van der Waals surface area (Å²) >= 11 is 0. The zero-order valence-electron chi connectivity index (χ0n) is 12.7. The zero-order valence-corrected chi connectivity index (χ0v) is 12.7. The van der Waals surface area contributed by atoms with Crippen molar-refractivity contribution in [3.63, 3.8) is 0 Å². The summed E-state index contributed by atoms with van der Waals surface area (Å²) in [5, 5.41) is 3.33. The predicted octanol–water partition coefficient (Wildman–Crippen LogP) is 4.68. The second kappa shape index (κ2) is 5.57. The van der Waals surface area contributed by atoms with E-state index in [1.165, 1.54) is 5.56 Å². The number of rotatable bonds is 3. The number of aromatic nitrogens is 3. The van der Waals surface area contributed by atoms with E-state index in [9.17, 15) is 0 Å². The number of aromatic amines is 1. The van der Waals surface area contributed by atoms with E-state index in [1.807, 2.05) is 36.4 Å². The van der Waals surface area contributed by atoms with Gasteiger partial charge in [-0.05, 0) is 25.1 Å². The molecule has 0 fully saturated rings. The molecule has 0 aliphatic heterocycles. The lowest BCUT2D eigenvalue weighted by atomic mass is 10.1. The average Bonchev–Trinajstić information content (AvgIpc) is 3.02. The standard InChI is InChI=1S/C19H16N4/c1-13-7-9-14(10-8-13)18-22-16-11-12-20-19(17(16)23-18)21-15-5-3-2-4-6-15/h2-12H,1H3,(H,20,21)(H,22,23). The Balaban J connectivity index is 1.77. The number of pyridine rings is 1. The van der Waals surface area contributed by atoms with Crippen molar-refractivity contribution in [3.8, 4) is 11.4 Å². The van der Waals surface area contributed by atoms with Crippen molar-refractivity contribution >= 4 is 22.5 Å². The van der Waals surface area contributed by atoms with E-state index in [2.05, 4.69) is 46.5 Å². The van der Waals surface area contributed by atoms with Gasteiger partial charge in [-0.15, -0.1) is 0 Å². The number of nitrogens with one attached hydrogen (secondary N) is 2. The van der Waals surface area contributed by atoms with Gasteiger partial charge in [0.25, 0.3) is 0 Å². The molecule has 0 radical (unpaired) electrons. The fraction of sp³-hybridized carbons (Fsp3) is 0.0526. The summed E-state index contributed by atoms with van der Waals surface area (Å²) in [4.78, 5) is 12.5. The summed E-state index contributed by atoms with van der Waals surface area (Å²) in [5.74, 6) is 1.60. The van der Waals surface area contributed by atoms with Gasteiger partial charge in [0.1, 0.15) is 11.3 Å². The van der Waals surface area contributed by atoms with Gasteiger partial charge >= 0.3 is 0 Å². The smallest absolute Gasteiger partial charge is 0.158 e. The van der Waals surface area contributed by atoms with E-state index in [0.29, 0.717) is 0 Å². The van der Waals surface area contributed by atoms with Crippen LogP contribution in [-0.4, -0.2) is 15.0 Å². The number of benzene rings is 2. The SMILES string of the molecule is Cc1ccc(-c2nc3c(Nc4ccccc4)nccc3[nH]2)cc1. The molecule has 4 aromatic rings. The zero-order chi connectivity index (χ0) is 15.6. The Morgan fingerprint density at radius 1 is 0.913 bits per heavy atom. The number of para-hydroxylation sites is 1. The Hall–Kier alpha value is -3.14. The Morgan fingerprint density at radius 2 is 1.70 bits per heavy atom. The van der Waals surface area contributed by atoms with Crippen LogP contribution in [0.25, 0.3) is 22.4 Å². The summed E-state index contributed by atoms with van der Waals surface area (Å²) in [6, 6.07) is 20.3. The number of fused-ring (bicyclic) bond motifs is 1. The van der Waals surface area contributed by atoms with E-state index >= 15 is 0 Å². The Morgan fingerprint density at radius 3 is 2.48 bits per heavy atom. The molecule has 0 aliphatic rings. The van der Waals surface area contributed by atoms with Crippen LogP contribution in [0.5, 0.6) is 0 Å². The van der Waals surface area contributed by atoms with Crippen LogP contribution in [0.15, 0.2) is 66.9 Å². The summed E-state index contributed by atoms with van der Waals surface area (Å²) < 4.78 is 0. The minimum atomic E-state index is 0.753. The third-order valence-electron chi connectivity index (χ3n) is 3.76. The molecule has 4 nitrogen and oxygen atoms in total. The molecular formula is C19H16N4. The lowest BCUT2D eigenvalue weighted by Crippen LogP contribution is -1.93. The molecule has 0 bridgehead atoms. The Kier molecular flexibility index (Phi) is 3.27. The van der Waals surface area contributed by atoms with Crippen molar-refractivity contribution < 1.29 is 0 Å². The molecule has 23 heavy (non-hydrogen) atoms. The van der Waals surface area contributed by atoms with E-state index in [0.717, 1.165) is 33.9 Å². The number of nitrogens with zero attached hydrogens (tertiary/aromatic N) is 2. The van der Waals surface area contributed by atoms with E-state index < -0.39 is 0 Å². The molecule has 0 atom stereocenters. The van der Waals surface area contributed by atoms with Gasteiger partial charge in [0.05, 0.1) is 5.52 Å². The molecule has 0 spiro atoms. The number of hydrogen-bond donors (Lipinski definition) is 2. The average molecular weight is 300 g/mol. The molecule has 2 aromatic heterocycles. The predicted molar refractivity (Wildman–Crippen MR) is 93.8 cm³/mol. The number of imidazole rings is 1. The maximum Gasteiger partial charge on any atom is 0.158 e. The second-order valence-corrected chi connectivity index (χ2v) is 5.50. The van der Waals surface area contributed by atoms with Crippen LogP contribution < -0.4 is 5.32 Å². The van der Waals surface area contributed by atoms with Crippen LogP contribution in [0.2, 0.25) is 0 Å². The molecule has 2 aromatic carbocycles. The van der Waals surface area contributed by atoms with Crippen LogP contribution in [0.1, 0.15) is 5.56 Å². The maximum atomic E-state index is 4.73. The Labute approximate surface area is 134 Å². The molecule has 0 unspecified atom stereocenters. The third-order valence-corrected chi connectivity index (χ3v) is 3.76. The summed E-state index contributed by atoms with van der Waals surface area (Å²) in [6.45, 7) is 2.08. The van der Waals surface area contributed by atoms with Gasteiger partial charge in [0, 0.05) is 17.4 Å². The fourth-order valence-corrected chi connectivity index (χ4v) is 2.53. The second-order valence-electron chi connectivity index (χ2n) is 5.50. The third kappa shape index (κ3) is 2.66. The van der Waals surface area contributed by atoms with Crippen molar-refractivity contribution in [2.24, 2.45) is 0 Å². The summed E-state index contributed by atoms with van der Waals surface area (Å²) in [7, 11) is 0. The van der Waals surface area contributed by atoms with Gasteiger partial charge in [0.15, 0.2) is 5.82 Å². The molecule has 112 valence electrons. The normalized spacial score (nSPS) is 10.8. The summed E-state index contributed by atoms with van der Waals surface area (Å²) in [5.41, 5.74) is 5.10. The largest absolute Gasteiger partial charge is 0.338 e. The monoisotopic (exact) mass is 300 g/mol. The van der Waals surface area contributed by atoms with Crippen molar-refractivity contribution in [2.75, 3.05) is 5.32 Å². The van der Waals surface area contributed by atoms with Crippen LogP contribution in [0.4, 0.5) is 11.5 Å². The van der Waals surface area contributed by atoms with Gasteiger partial charge in [-0.1, -0.05) is 48.0 Å². The van der Waals surface area contributed by atoms with Crippen molar-refractivity contribution in [3.05, 3.63) is 72.4 Å². The molecule has 2 heterocycles. The van der Waals surface area contributed by atoms with E-state index in [4.69, 9.17) is 4.98 Å². The highest BCUT2D eigenvalue weighted by atomic mass is 15.0. The van der Waals surface area contributed by atoms with Crippen LogP contribution in [-0.2, 0) is 0 Å². The fourth-order valence-electron chi connectivity index (χ4n) is 2.53. The molecular weight excluding hydrogens is 284 g/mol. The molecule has 0 saturated heterocycles. The molecule has 2 N–H and O–H groups in total. The van der Waals surface area contributed by atoms with Gasteiger partial charge in [-0.3, -0.25) is 0 Å². The van der Waals surface area contributed by atoms with Gasteiger partial charge in [-0.25, -0.2) is 9.97 Å². The van der Waals surface area contributed by atoms with Crippen LogP contribution in [0, 0.1) is 6.92 Å². The van der Waals surface area contributed by atoms with Gasteiger partial charge in [0.2, 0.25) is 0 Å².